The summed E-state index contributed by atoms with van der Waals surface area (Å²) in [5.41, 5.74) is 2.24. The minimum absolute atomic E-state index is 0.333. The maximum Gasteiger partial charge on any atom is 0.293 e. The quantitative estimate of drug-likeness (QED) is 0.685. The molecule has 2 aromatic rings. The van der Waals surface area contributed by atoms with Gasteiger partial charge in [-0.05, 0) is 44.0 Å². The SMILES string of the molecule is Cc1nn(C)c(C)c1C(=O)C(=O)NC1CCSc2ccc(F)cc21. The van der Waals surface area contributed by atoms with Crippen LogP contribution in [0.4, 0.5) is 4.39 Å². The highest BCUT2D eigenvalue weighted by molar-refractivity contribution is 7.99. The van der Waals surface area contributed by atoms with Crippen molar-refractivity contribution in [3.8, 4) is 0 Å². The Morgan fingerprint density at radius 2 is 2.12 bits per heavy atom. The normalized spacial score (nSPS) is 16.6. The predicted molar refractivity (Wildman–Crippen MR) is 89.6 cm³/mol. The number of fused-ring (bicyclic) bond motifs is 1. The van der Waals surface area contributed by atoms with Gasteiger partial charge in [-0.15, -0.1) is 11.8 Å². The van der Waals surface area contributed by atoms with Crippen LogP contribution in [0, 0.1) is 19.7 Å². The van der Waals surface area contributed by atoms with Crippen LogP contribution >= 0.6 is 11.8 Å². The molecule has 1 aliphatic rings. The van der Waals surface area contributed by atoms with Gasteiger partial charge >= 0.3 is 0 Å². The van der Waals surface area contributed by atoms with E-state index in [9.17, 15) is 14.0 Å². The van der Waals surface area contributed by atoms with Crippen molar-refractivity contribution in [1.82, 2.24) is 15.1 Å². The van der Waals surface area contributed by atoms with Crippen LogP contribution < -0.4 is 5.32 Å². The van der Waals surface area contributed by atoms with Gasteiger partial charge in [-0.25, -0.2) is 4.39 Å². The van der Waals surface area contributed by atoms with Crippen LogP contribution in [0.3, 0.4) is 0 Å². The molecule has 0 bridgehead atoms. The number of hydrogen-bond donors (Lipinski definition) is 1. The summed E-state index contributed by atoms with van der Waals surface area (Å²) in [6, 6.07) is 4.19. The third-order valence-corrected chi connectivity index (χ3v) is 5.38. The highest BCUT2D eigenvalue weighted by atomic mass is 32.2. The number of nitrogens with one attached hydrogen (secondary N) is 1. The maximum atomic E-state index is 13.5. The van der Waals surface area contributed by atoms with Crippen LogP contribution in [0.5, 0.6) is 0 Å². The van der Waals surface area contributed by atoms with Crippen molar-refractivity contribution in [3.63, 3.8) is 0 Å². The highest BCUT2D eigenvalue weighted by Crippen LogP contribution is 2.36. The average molecular weight is 347 g/mol. The minimum Gasteiger partial charge on any atom is -0.342 e. The zero-order chi connectivity index (χ0) is 17.4. The fourth-order valence-corrected chi connectivity index (χ4v) is 4.06. The summed E-state index contributed by atoms with van der Waals surface area (Å²) in [5.74, 6) is -0.820. The summed E-state index contributed by atoms with van der Waals surface area (Å²) in [4.78, 5) is 25.9. The van der Waals surface area contributed by atoms with E-state index in [-0.39, 0.29) is 11.9 Å². The molecule has 1 aromatic carbocycles. The Labute approximate surface area is 143 Å². The van der Waals surface area contributed by atoms with Crippen molar-refractivity contribution in [2.75, 3.05) is 5.75 Å². The van der Waals surface area contributed by atoms with Crippen LogP contribution in [0.25, 0.3) is 0 Å². The third-order valence-electron chi connectivity index (χ3n) is 4.26. The van der Waals surface area contributed by atoms with Crippen molar-refractivity contribution in [2.45, 2.75) is 31.2 Å². The van der Waals surface area contributed by atoms with Crippen LogP contribution in [-0.4, -0.2) is 27.2 Å². The third kappa shape index (κ3) is 2.96. The molecule has 3 rings (SSSR count). The summed E-state index contributed by atoms with van der Waals surface area (Å²) in [5, 5.41) is 6.93. The molecule has 0 saturated heterocycles. The van der Waals surface area contributed by atoms with Gasteiger partial charge in [0.2, 0.25) is 0 Å². The van der Waals surface area contributed by atoms with Crippen molar-refractivity contribution in [2.24, 2.45) is 7.05 Å². The lowest BCUT2D eigenvalue weighted by Crippen LogP contribution is -2.36. The Hall–Kier alpha value is -2.15. The van der Waals surface area contributed by atoms with Gasteiger partial charge in [0.05, 0.1) is 17.3 Å². The number of halogens is 1. The number of aryl methyl sites for hydroxylation is 2. The Morgan fingerprint density at radius 3 is 2.79 bits per heavy atom. The topological polar surface area (TPSA) is 64.0 Å². The summed E-state index contributed by atoms with van der Waals surface area (Å²) in [6.45, 7) is 3.46. The lowest BCUT2D eigenvalue weighted by molar-refractivity contribution is -0.117. The van der Waals surface area contributed by atoms with Crippen LogP contribution in [0.2, 0.25) is 0 Å². The van der Waals surface area contributed by atoms with Gasteiger partial charge in [-0.3, -0.25) is 14.3 Å². The molecule has 1 aliphatic heterocycles. The standard InChI is InChI=1S/C17H18FN3O2S/c1-9-15(10(2)21(3)20-9)16(22)17(23)19-13-6-7-24-14-5-4-11(18)8-12(13)14/h4-5,8,13H,6-7H2,1-3H3,(H,19,23). The molecule has 1 unspecified atom stereocenters. The molecule has 0 fully saturated rings. The van der Waals surface area contributed by atoms with Crippen LogP contribution in [-0.2, 0) is 11.8 Å². The molecular weight excluding hydrogens is 329 g/mol. The second kappa shape index (κ2) is 6.39. The number of amides is 1. The van der Waals surface area contributed by atoms with E-state index in [1.54, 1.807) is 43.4 Å². The molecule has 24 heavy (non-hydrogen) atoms. The largest absolute Gasteiger partial charge is 0.342 e. The molecule has 126 valence electrons. The number of rotatable bonds is 3. The molecule has 0 radical (unpaired) electrons. The first kappa shape index (κ1) is 16.7. The van der Waals surface area contributed by atoms with E-state index in [1.807, 2.05) is 0 Å². The zero-order valence-electron chi connectivity index (χ0n) is 13.7. The molecule has 0 saturated carbocycles. The monoisotopic (exact) mass is 347 g/mol. The molecule has 1 N–H and O–H groups in total. The number of carbonyl (C=O) groups excluding carboxylic acids is 2. The fourth-order valence-electron chi connectivity index (χ4n) is 2.95. The fraction of sp³-hybridized carbons (Fsp3) is 0.353. The van der Waals surface area contributed by atoms with Gasteiger partial charge < -0.3 is 5.32 Å². The van der Waals surface area contributed by atoms with Crippen molar-refractivity contribution >= 4 is 23.5 Å². The van der Waals surface area contributed by atoms with Gasteiger partial charge in [0.15, 0.2) is 0 Å². The van der Waals surface area contributed by atoms with Gasteiger partial charge in [-0.1, -0.05) is 0 Å². The molecule has 1 amide bonds. The van der Waals surface area contributed by atoms with E-state index < -0.39 is 11.7 Å². The molecule has 2 heterocycles. The second-order valence-electron chi connectivity index (χ2n) is 5.84. The number of nitrogens with zero attached hydrogens (tertiary/aromatic N) is 2. The molecule has 0 spiro atoms. The number of benzene rings is 1. The van der Waals surface area contributed by atoms with Crippen molar-refractivity contribution in [1.29, 1.82) is 0 Å². The first-order chi connectivity index (χ1) is 11.4. The minimum atomic E-state index is -0.679. The van der Waals surface area contributed by atoms with Crippen LogP contribution in [0.15, 0.2) is 23.1 Å². The summed E-state index contributed by atoms with van der Waals surface area (Å²) in [6.07, 6.45) is 0.658. The smallest absolute Gasteiger partial charge is 0.293 e. The molecule has 1 atom stereocenters. The van der Waals surface area contributed by atoms with Gasteiger partial charge in [0.25, 0.3) is 11.7 Å². The van der Waals surface area contributed by atoms with Crippen molar-refractivity contribution in [3.05, 3.63) is 46.5 Å². The lowest BCUT2D eigenvalue weighted by Gasteiger charge is -2.25. The number of hydrogen-bond acceptors (Lipinski definition) is 4. The van der Waals surface area contributed by atoms with Gasteiger partial charge in [-0.2, -0.15) is 5.10 Å². The Morgan fingerprint density at radius 1 is 1.38 bits per heavy atom. The first-order valence-corrected chi connectivity index (χ1v) is 8.64. The van der Waals surface area contributed by atoms with E-state index in [0.29, 0.717) is 23.4 Å². The summed E-state index contributed by atoms with van der Waals surface area (Å²) in [7, 11) is 1.73. The Balaban J connectivity index is 1.83. The maximum absolute atomic E-state index is 13.5. The van der Waals surface area contributed by atoms with E-state index in [1.165, 1.54) is 12.1 Å². The first-order valence-electron chi connectivity index (χ1n) is 7.66. The second-order valence-corrected chi connectivity index (χ2v) is 6.98. The molecular formula is C17H18FN3O2S. The number of ketones is 1. The van der Waals surface area contributed by atoms with Gasteiger partial charge in [0, 0.05) is 23.4 Å². The lowest BCUT2D eigenvalue weighted by atomic mass is 10.0. The zero-order valence-corrected chi connectivity index (χ0v) is 14.5. The summed E-state index contributed by atoms with van der Waals surface area (Å²) >= 11 is 1.63. The number of Topliss-reactive ketones (excluding diaryl/α,β-unsaturated/α-hetero) is 1. The highest BCUT2D eigenvalue weighted by Gasteiger charge is 2.28. The van der Waals surface area contributed by atoms with Crippen LogP contribution in [0.1, 0.15) is 39.8 Å². The average Bonchev–Trinajstić information content (AvgIpc) is 2.80. The molecule has 0 aliphatic carbocycles. The predicted octanol–water partition coefficient (Wildman–Crippen LogP) is 2.71. The van der Waals surface area contributed by atoms with E-state index in [4.69, 9.17) is 0 Å². The van der Waals surface area contributed by atoms with Gasteiger partial charge in [0.1, 0.15) is 5.82 Å². The number of carbonyl (C=O) groups is 2. The Kier molecular flexibility index (Phi) is 4.45. The number of thioether (sulfide) groups is 1. The summed E-state index contributed by atoms with van der Waals surface area (Å²) < 4.78 is 15.1. The van der Waals surface area contributed by atoms with E-state index >= 15 is 0 Å². The van der Waals surface area contributed by atoms with Crippen molar-refractivity contribution < 1.29 is 14.0 Å². The van der Waals surface area contributed by atoms with E-state index in [0.717, 1.165) is 16.2 Å². The molecule has 1 aromatic heterocycles. The van der Waals surface area contributed by atoms with E-state index in [2.05, 4.69) is 10.4 Å². The molecule has 7 heteroatoms. The molecule has 5 nitrogen and oxygen atoms in total. The number of aromatic nitrogens is 2. The Bertz CT molecular complexity index is 831.